The highest BCUT2D eigenvalue weighted by molar-refractivity contribution is 8.04. The predicted octanol–water partition coefficient (Wildman–Crippen LogP) is 5.59. The Kier molecular flexibility index (Phi) is 6.43. The van der Waals surface area contributed by atoms with Crippen molar-refractivity contribution < 1.29 is 26.9 Å². The number of hydrogen-bond donors (Lipinski definition) is 1. The molecular weight excluding hydrogens is 510 g/mol. The number of rotatable bonds is 5. The number of thioether (sulfide) groups is 1. The molecule has 0 radical (unpaired) electrons. The number of carbonyl (C=O) groups is 1. The highest BCUT2D eigenvalue weighted by atomic mass is 35.5. The number of amides is 1. The summed E-state index contributed by atoms with van der Waals surface area (Å²) in [4.78, 5) is 23.3. The molecule has 0 aromatic heterocycles. The Labute approximate surface area is 201 Å². The zero-order chi connectivity index (χ0) is 24.6. The maximum absolute atomic E-state index is 14.0. The second kappa shape index (κ2) is 9.16. The fraction of sp³-hybridized carbons (Fsp3) is 0.0455. The largest absolute Gasteiger partial charge is 0.320 e. The van der Waals surface area contributed by atoms with Gasteiger partial charge in [0.25, 0.3) is 11.6 Å². The first-order valence-electron chi connectivity index (χ1n) is 9.50. The van der Waals surface area contributed by atoms with Crippen molar-refractivity contribution in [2.75, 3.05) is 5.32 Å². The molecule has 1 amide bonds. The number of anilines is 1. The summed E-state index contributed by atoms with van der Waals surface area (Å²) in [5.41, 5.74) is -0.196. The van der Waals surface area contributed by atoms with E-state index in [1.807, 2.05) is 0 Å². The van der Waals surface area contributed by atoms with Gasteiger partial charge in [-0.25, -0.2) is 17.2 Å². The lowest BCUT2D eigenvalue weighted by Gasteiger charge is -2.19. The van der Waals surface area contributed by atoms with E-state index in [4.69, 9.17) is 11.6 Å². The molecule has 1 N–H and O–H groups in total. The van der Waals surface area contributed by atoms with Crippen LogP contribution in [0.15, 0.2) is 69.3 Å². The Hall–Kier alpha value is -3.28. The molecule has 0 aliphatic carbocycles. The summed E-state index contributed by atoms with van der Waals surface area (Å²) >= 11 is 6.77. The normalized spacial score (nSPS) is 14.6. The van der Waals surface area contributed by atoms with Crippen LogP contribution in [0, 0.1) is 21.7 Å². The lowest BCUT2D eigenvalue weighted by molar-refractivity contribution is -0.384. The summed E-state index contributed by atoms with van der Waals surface area (Å²) in [7, 11) is -4.12. The minimum absolute atomic E-state index is 0.0561. The summed E-state index contributed by atoms with van der Waals surface area (Å²) in [6, 6.07) is 11.1. The van der Waals surface area contributed by atoms with Gasteiger partial charge in [-0.3, -0.25) is 14.9 Å². The molecule has 1 aliphatic heterocycles. The molecule has 0 bridgehead atoms. The molecule has 34 heavy (non-hydrogen) atoms. The maximum Gasteiger partial charge on any atom is 0.288 e. The average Bonchev–Trinajstić information content (AvgIpc) is 2.77. The third-order valence-corrected chi connectivity index (χ3v) is 7.91. The average molecular weight is 523 g/mol. The highest BCUT2D eigenvalue weighted by Crippen LogP contribution is 2.41. The lowest BCUT2D eigenvalue weighted by Crippen LogP contribution is -2.18. The molecule has 12 heteroatoms. The molecule has 1 aliphatic rings. The van der Waals surface area contributed by atoms with E-state index in [2.05, 4.69) is 5.32 Å². The molecule has 0 spiro atoms. The number of carbonyl (C=O) groups excluding carboxylic acids is 1. The van der Waals surface area contributed by atoms with Crippen LogP contribution in [0.5, 0.6) is 0 Å². The van der Waals surface area contributed by atoms with Crippen molar-refractivity contribution in [1.29, 1.82) is 0 Å². The molecule has 7 nitrogen and oxygen atoms in total. The van der Waals surface area contributed by atoms with Gasteiger partial charge in [0.1, 0.15) is 16.7 Å². The van der Waals surface area contributed by atoms with Crippen LogP contribution >= 0.6 is 23.4 Å². The first-order chi connectivity index (χ1) is 16.0. The van der Waals surface area contributed by atoms with Crippen LogP contribution in [0.2, 0.25) is 5.02 Å². The van der Waals surface area contributed by atoms with Crippen LogP contribution in [0.1, 0.15) is 11.1 Å². The quantitative estimate of drug-likeness (QED) is 0.266. The van der Waals surface area contributed by atoms with E-state index in [1.165, 1.54) is 42.5 Å². The van der Waals surface area contributed by atoms with E-state index in [0.29, 0.717) is 16.1 Å². The third-order valence-electron chi connectivity index (χ3n) is 4.86. The first-order valence-corrected chi connectivity index (χ1v) is 12.3. The van der Waals surface area contributed by atoms with Gasteiger partial charge in [-0.05, 0) is 48.0 Å². The monoisotopic (exact) mass is 522 g/mol. The number of benzene rings is 3. The smallest absolute Gasteiger partial charge is 0.288 e. The SMILES string of the molecule is O=C1Nc2ccc(S(=O)(=O)Cc3c(F)cccc3F)cc2SC1=Cc1ccc(Cl)c([N+](=O)[O-])c1. The van der Waals surface area contributed by atoms with Crippen LogP contribution in [0.4, 0.5) is 20.2 Å². The minimum Gasteiger partial charge on any atom is -0.320 e. The first kappa shape index (κ1) is 23.9. The van der Waals surface area contributed by atoms with Crippen molar-refractivity contribution in [3.63, 3.8) is 0 Å². The van der Waals surface area contributed by atoms with Gasteiger partial charge in [-0.15, -0.1) is 0 Å². The van der Waals surface area contributed by atoms with Gasteiger partial charge < -0.3 is 5.32 Å². The molecule has 174 valence electrons. The van der Waals surface area contributed by atoms with Crippen molar-refractivity contribution in [2.24, 2.45) is 0 Å². The van der Waals surface area contributed by atoms with Crippen LogP contribution in [-0.2, 0) is 20.4 Å². The van der Waals surface area contributed by atoms with Crippen molar-refractivity contribution in [2.45, 2.75) is 15.5 Å². The second-order valence-corrected chi connectivity index (χ2v) is 10.6. The summed E-state index contributed by atoms with van der Waals surface area (Å²) in [6.45, 7) is 0. The van der Waals surface area contributed by atoms with E-state index in [0.717, 1.165) is 30.0 Å². The van der Waals surface area contributed by atoms with Gasteiger partial charge in [-0.1, -0.05) is 35.5 Å². The van der Waals surface area contributed by atoms with Gasteiger partial charge in [0.15, 0.2) is 9.84 Å². The number of sulfone groups is 1. The Morgan fingerprint density at radius 3 is 2.47 bits per heavy atom. The zero-order valence-electron chi connectivity index (χ0n) is 16.9. The Bertz CT molecular complexity index is 1470. The lowest BCUT2D eigenvalue weighted by atomic mass is 10.2. The summed E-state index contributed by atoms with van der Waals surface area (Å²) in [5, 5.41) is 13.7. The summed E-state index contributed by atoms with van der Waals surface area (Å²) in [5.74, 6) is -3.30. The van der Waals surface area contributed by atoms with Crippen molar-refractivity contribution >= 4 is 56.6 Å². The fourth-order valence-corrected chi connectivity index (χ4v) is 5.83. The van der Waals surface area contributed by atoms with E-state index in [9.17, 15) is 32.1 Å². The molecule has 0 saturated heterocycles. The Balaban J connectivity index is 1.67. The number of nitrogens with one attached hydrogen (secondary N) is 1. The maximum atomic E-state index is 14.0. The number of fused-ring (bicyclic) bond motifs is 1. The minimum atomic E-state index is -4.12. The van der Waals surface area contributed by atoms with Gasteiger partial charge in [0.2, 0.25) is 0 Å². The number of nitro benzene ring substituents is 1. The van der Waals surface area contributed by atoms with E-state index in [1.54, 1.807) is 0 Å². The van der Waals surface area contributed by atoms with Crippen LogP contribution in [0.3, 0.4) is 0 Å². The van der Waals surface area contributed by atoms with Crippen molar-refractivity contribution in [3.05, 3.63) is 97.4 Å². The van der Waals surface area contributed by atoms with Gasteiger partial charge in [0.05, 0.1) is 26.2 Å². The Morgan fingerprint density at radius 1 is 1.09 bits per heavy atom. The fourth-order valence-electron chi connectivity index (χ4n) is 3.18. The molecular formula is C22H13ClF2N2O5S2. The van der Waals surface area contributed by atoms with Crippen molar-refractivity contribution in [3.8, 4) is 0 Å². The molecule has 1 heterocycles. The second-order valence-electron chi connectivity index (χ2n) is 7.15. The molecule has 0 atom stereocenters. The number of nitrogens with zero attached hydrogens (tertiary/aromatic N) is 1. The molecule has 0 fully saturated rings. The van der Waals surface area contributed by atoms with Gasteiger partial charge >= 0.3 is 0 Å². The van der Waals surface area contributed by atoms with Crippen LogP contribution < -0.4 is 5.32 Å². The van der Waals surface area contributed by atoms with E-state index in [-0.39, 0.29) is 20.5 Å². The van der Waals surface area contributed by atoms with E-state index >= 15 is 0 Å². The zero-order valence-corrected chi connectivity index (χ0v) is 19.3. The van der Waals surface area contributed by atoms with Gasteiger partial charge in [0, 0.05) is 16.5 Å². The molecule has 0 saturated carbocycles. The molecule has 0 unspecified atom stereocenters. The standard InChI is InChI=1S/C22H13ClF2N2O5S2/c23-15-6-4-12(8-19(15)27(29)30)9-21-22(28)26-18-7-5-13(10-20(18)33-21)34(31,32)11-14-16(24)2-1-3-17(14)25/h1-10H,11H2,(H,26,28). The topological polar surface area (TPSA) is 106 Å². The molecule has 3 aromatic rings. The predicted molar refractivity (Wildman–Crippen MR) is 124 cm³/mol. The third kappa shape index (κ3) is 4.81. The number of hydrogen-bond acceptors (Lipinski definition) is 6. The van der Waals surface area contributed by atoms with Crippen LogP contribution in [0.25, 0.3) is 6.08 Å². The summed E-state index contributed by atoms with van der Waals surface area (Å²) in [6.07, 6.45) is 1.40. The molecule has 3 aromatic carbocycles. The number of halogens is 3. The summed E-state index contributed by atoms with van der Waals surface area (Å²) < 4.78 is 53.6. The van der Waals surface area contributed by atoms with E-state index < -0.39 is 43.6 Å². The highest BCUT2D eigenvalue weighted by Gasteiger charge is 2.26. The van der Waals surface area contributed by atoms with Crippen molar-refractivity contribution in [1.82, 2.24) is 0 Å². The Morgan fingerprint density at radius 2 is 1.79 bits per heavy atom. The van der Waals surface area contributed by atoms with Crippen LogP contribution in [-0.4, -0.2) is 19.2 Å². The molecule has 4 rings (SSSR count). The van der Waals surface area contributed by atoms with Gasteiger partial charge in [-0.2, -0.15) is 0 Å². The number of nitro groups is 1.